The van der Waals surface area contributed by atoms with Gasteiger partial charge in [0.1, 0.15) is 11.9 Å². The summed E-state index contributed by atoms with van der Waals surface area (Å²) in [4.78, 5) is 30.6. The molecule has 258 valence electrons. The molecule has 10 nitrogen and oxygen atoms in total. The number of alkyl halides is 3. The number of amides is 2. The van der Waals surface area contributed by atoms with Crippen LogP contribution in [0.1, 0.15) is 56.1 Å². The molecule has 2 saturated heterocycles. The first kappa shape index (κ1) is 35.3. The van der Waals surface area contributed by atoms with Gasteiger partial charge in [-0.3, -0.25) is 9.78 Å². The fourth-order valence-electron chi connectivity index (χ4n) is 7.20. The van der Waals surface area contributed by atoms with Gasteiger partial charge < -0.3 is 20.7 Å². The average molecular weight is 704 g/mol. The quantitative estimate of drug-likeness (QED) is 0.333. The molecule has 1 aliphatic carbocycles. The molecule has 5 rings (SSSR count). The minimum atomic E-state index is -4.43. The number of aromatic nitrogens is 1. The van der Waals surface area contributed by atoms with Crippen molar-refractivity contribution in [1.82, 2.24) is 19.9 Å². The molecule has 2 aromatic rings. The Balaban J connectivity index is 1.43. The second kappa shape index (κ2) is 14.2. The van der Waals surface area contributed by atoms with Gasteiger partial charge in [0.15, 0.2) is 0 Å². The van der Waals surface area contributed by atoms with E-state index < -0.39 is 57.4 Å². The molecular weight excluding hydrogens is 666 g/mol. The smallest absolute Gasteiger partial charge is 0.407 e. The zero-order chi connectivity index (χ0) is 34.0. The van der Waals surface area contributed by atoms with Gasteiger partial charge in [0.05, 0.1) is 36.9 Å². The first-order valence-corrected chi connectivity index (χ1v) is 17.6. The van der Waals surface area contributed by atoms with Gasteiger partial charge in [-0.15, -0.1) is 0 Å². The van der Waals surface area contributed by atoms with Crippen molar-refractivity contribution >= 4 is 39.3 Å². The molecular formula is C31H38ClF4N5O5S. The van der Waals surface area contributed by atoms with Crippen molar-refractivity contribution in [2.75, 3.05) is 31.3 Å². The minimum Gasteiger partial charge on any atom is -0.453 e. The lowest BCUT2D eigenvalue weighted by atomic mass is 9.62. The molecule has 2 bridgehead atoms. The van der Waals surface area contributed by atoms with Crippen molar-refractivity contribution in [3.8, 4) is 0 Å². The summed E-state index contributed by atoms with van der Waals surface area (Å²) in [5.41, 5.74) is -0.710. The van der Waals surface area contributed by atoms with Crippen molar-refractivity contribution in [3.05, 3.63) is 58.6 Å². The molecule has 3 heterocycles. The fourth-order valence-corrected chi connectivity index (χ4v) is 9.13. The number of carbonyl (C=O) groups is 2. The molecule has 4 atom stereocenters. The van der Waals surface area contributed by atoms with Crippen molar-refractivity contribution < 1.29 is 40.3 Å². The lowest BCUT2D eigenvalue weighted by Gasteiger charge is -2.45. The first-order valence-electron chi connectivity index (χ1n) is 15.6. The number of anilines is 1. The number of halogens is 5. The molecule has 16 heteroatoms. The number of fused-ring (bicyclic) bond motifs is 2. The van der Waals surface area contributed by atoms with Gasteiger partial charge in [0.2, 0.25) is 15.9 Å². The summed E-state index contributed by atoms with van der Waals surface area (Å²) in [6.07, 6.45) is -2.36. The number of alkyl carbamates (subject to hydrolysis) is 1. The summed E-state index contributed by atoms with van der Waals surface area (Å²) >= 11 is 6.11. The van der Waals surface area contributed by atoms with Crippen LogP contribution in [0.5, 0.6) is 0 Å². The predicted octanol–water partition coefficient (Wildman–Crippen LogP) is 4.93. The number of pyridine rings is 1. The third-order valence-corrected chi connectivity index (χ3v) is 12.0. The summed E-state index contributed by atoms with van der Waals surface area (Å²) in [5.74, 6) is -3.07. The topological polar surface area (TPSA) is 130 Å². The SMILES string of the molecule is COC(=O)N[C@H](C(=O)Nc1cncc(F)c1CC[C@H]1CN[C@@H]2CCCS(=O)(=O)N1C2)C1(c2ccc(Cl)cc2)CCC(C(F)(F)F)CC1. The molecule has 0 spiro atoms. The van der Waals surface area contributed by atoms with E-state index in [0.29, 0.717) is 30.1 Å². The maximum absolute atomic E-state index is 15.3. The van der Waals surface area contributed by atoms with E-state index in [1.807, 2.05) is 0 Å². The van der Waals surface area contributed by atoms with Gasteiger partial charge in [0.25, 0.3) is 0 Å². The molecule has 1 saturated carbocycles. The van der Waals surface area contributed by atoms with E-state index in [1.165, 1.54) is 10.5 Å². The van der Waals surface area contributed by atoms with Crippen molar-refractivity contribution in [3.63, 3.8) is 0 Å². The van der Waals surface area contributed by atoms with E-state index in [9.17, 15) is 31.2 Å². The van der Waals surface area contributed by atoms with Gasteiger partial charge in [-0.1, -0.05) is 23.7 Å². The molecule has 1 aromatic heterocycles. The van der Waals surface area contributed by atoms with Gasteiger partial charge in [-0.2, -0.15) is 17.5 Å². The minimum absolute atomic E-state index is 0.00210. The van der Waals surface area contributed by atoms with Crippen LogP contribution in [0.3, 0.4) is 0 Å². The number of hydrogen-bond acceptors (Lipinski definition) is 7. The summed E-state index contributed by atoms with van der Waals surface area (Å²) in [7, 11) is -2.39. The number of nitrogens with zero attached hydrogens (tertiary/aromatic N) is 2. The van der Waals surface area contributed by atoms with E-state index in [2.05, 4.69) is 20.9 Å². The van der Waals surface area contributed by atoms with Crippen molar-refractivity contribution in [2.45, 2.75) is 81.1 Å². The molecule has 1 unspecified atom stereocenters. The third-order valence-electron chi connectivity index (χ3n) is 9.77. The molecule has 1 aromatic carbocycles. The van der Waals surface area contributed by atoms with E-state index in [1.54, 1.807) is 24.3 Å². The lowest BCUT2D eigenvalue weighted by Crippen LogP contribution is -2.58. The zero-order valence-electron chi connectivity index (χ0n) is 25.8. The van der Waals surface area contributed by atoms with Crippen LogP contribution in [0, 0.1) is 11.7 Å². The van der Waals surface area contributed by atoms with Crippen molar-refractivity contribution in [2.24, 2.45) is 5.92 Å². The van der Waals surface area contributed by atoms with Crippen LogP contribution in [0.4, 0.5) is 28.0 Å². The van der Waals surface area contributed by atoms with Crippen LogP contribution in [0.15, 0.2) is 36.7 Å². The monoisotopic (exact) mass is 703 g/mol. The maximum atomic E-state index is 15.3. The molecule has 47 heavy (non-hydrogen) atoms. The molecule has 0 radical (unpaired) electrons. The summed E-state index contributed by atoms with van der Waals surface area (Å²) < 4.78 is 88.6. The average Bonchev–Trinajstić information content (AvgIpc) is 3.14. The third kappa shape index (κ3) is 7.84. The first-order chi connectivity index (χ1) is 22.2. The van der Waals surface area contributed by atoms with Gasteiger partial charge in [-0.05, 0) is 69.1 Å². The molecule has 2 aliphatic heterocycles. The highest BCUT2D eigenvalue weighted by Crippen LogP contribution is 2.49. The van der Waals surface area contributed by atoms with E-state index in [4.69, 9.17) is 16.3 Å². The van der Waals surface area contributed by atoms with Gasteiger partial charge >= 0.3 is 12.3 Å². The standard InChI is InChI=1S/C31H38ClF4N5O5S/c1-46-29(43)40-27(30(19-4-6-21(32)7-5-19)12-10-20(11-13-30)31(34,35)36)28(42)39-26-17-37-16-25(33)24(26)9-8-23-15-38-22-3-2-14-47(44,45)41(23)18-22/h4-7,16-17,20,22-23,27,38H,2-3,8-15,18H2,1H3,(H,39,42)(H,40,43)/t20?,22-,23+,27-,30?/m1/s1. The molecule has 3 fully saturated rings. The predicted molar refractivity (Wildman–Crippen MR) is 167 cm³/mol. The van der Waals surface area contributed by atoms with Gasteiger partial charge in [-0.25, -0.2) is 17.6 Å². The largest absolute Gasteiger partial charge is 0.453 e. The number of carbonyl (C=O) groups excluding carboxylic acids is 2. The van der Waals surface area contributed by atoms with E-state index in [0.717, 1.165) is 19.7 Å². The number of hydrogen-bond donors (Lipinski definition) is 3. The lowest BCUT2D eigenvalue weighted by molar-refractivity contribution is -0.185. The Kier molecular flexibility index (Phi) is 10.7. The Morgan fingerprint density at radius 2 is 1.87 bits per heavy atom. The number of nitrogens with one attached hydrogen (secondary N) is 3. The van der Waals surface area contributed by atoms with Crippen LogP contribution < -0.4 is 16.0 Å². The van der Waals surface area contributed by atoms with Crippen molar-refractivity contribution in [1.29, 1.82) is 0 Å². The highest BCUT2D eigenvalue weighted by atomic mass is 35.5. The second-order valence-corrected chi connectivity index (χ2v) is 15.0. The van der Waals surface area contributed by atoms with Crippen LogP contribution in [0.2, 0.25) is 5.02 Å². The van der Waals surface area contributed by atoms with Gasteiger partial charge in [0, 0.05) is 41.2 Å². The molecule has 3 N–H and O–H groups in total. The summed E-state index contributed by atoms with van der Waals surface area (Å²) in [6, 6.07) is 4.54. The molecule has 2 amide bonds. The van der Waals surface area contributed by atoms with Crippen LogP contribution >= 0.6 is 11.6 Å². The number of methoxy groups -OCH3 is 1. The van der Waals surface area contributed by atoms with E-state index >= 15 is 4.39 Å². The van der Waals surface area contributed by atoms with Crippen LogP contribution in [0.25, 0.3) is 0 Å². The highest BCUT2D eigenvalue weighted by Gasteiger charge is 2.52. The van der Waals surface area contributed by atoms with E-state index in [-0.39, 0.29) is 61.6 Å². The highest BCUT2D eigenvalue weighted by molar-refractivity contribution is 7.89. The summed E-state index contributed by atoms with van der Waals surface area (Å²) in [6.45, 7) is 0.726. The normalized spacial score (nSPS) is 28.0. The van der Waals surface area contributed by atoms with Crippen LogP contribution in [-0.4, -0.2) is 80.0 Å². The number of ether oxygens (including phenoxy) is 1. The fraction of sp³-hybridized carbons (Fsp3) is 0.581. The number of benzene rings is 1. The summed E-state index contributed by atoms with van der Waals surface area (Å²) in [5, 5.41) is 8.96. The Morgan fingerprint density at radius 1 is 1.17 bits per heavy atom. The molecule has 3 aliphatic rings. The Labute approximate surface area is 276 Å². The number of sulfonamides is 1. The number of rotatable bonds is 8. The Bertz CT molecular complexity index is 1550. The zero-order valence-corrected chi connectivity index (χ0v) is 27.4. The second-order valence-electron chi connectivity index (χ2n) is 12.5. The number of piperazine rings is 1. The van der Waals surface area contributed by atoms with Crippen LogP contribution in [-0.2, 0) is 31.4 Å². The Morgan fingerprint density at radius 3 is 2.53 bits per heavy atom. The maximum Gasteiger partial charge on any atom is 0.407 e. The Hall–Kier alpha value is -3.01.